The predicted molar refractivity (Wildman–Crippen MR) is 65.3 cm³/mol. The van der Waals surface area contributed by atoms with Gasteiger partial charge in [-0.1, -0.05) is 26.0 Å². The second kappa shape index (κ2) is 5.93. The molecule has 15 heavy (non-hydrogen) atoms. The number of nitrogens with one attached hydrogen (secondary N) is 1. The third-order valence-electron chi connectivity index (χ3n) is 2.06. The Labute approximate surface area is 95.5 Å². The van der Waals surface area contributed by atoms with Gasteiger partial charge in [0.1, 0.15) is 6.29 Å². The van der Waals surface area contributed by atoms with Gasteiger partial charge in [0.25, 0.3) is 0 Å². The van der Waals surface area contributed by atoms with Gasteiger partial charge in [-0.3, -0.25) is 0 Å². The summed E-state index contributed by atoms with van der Waals surface area (Å²) in [7, 11) is 1.79. The number of aldehydes is 1. The largest absolute Gasteiger partial charge is 0.307 e. The monoisotopic (exact) mass is 223 g/mol. The van der Waals surface area contributed by atoms with Crippen molar-refractivity contribution in [2.45, 2.75) is 30.0 Å². The molecule has 0 fully saturated rings. The van der Waals surface area contributed by atoms with E-state index in [0.717, 1.165) is 11.8 Å². The summed E-state index contributed by atoms with van der Waals surface area (Å²) in [4.78, 5) is 12.0. The number of carbonyl (C=O) groups is 1. The van der Waals surface area contributed by atoms with Crippen LogP contribution in [0.3, 0.4) is 0 Å². The smallest absolute Gasteiger partial charge is 0.141 e. The fourth-order valence-corrected chi connectivity index (χ4v) is 2.18. The van der Waals surface area contributed by atoms with Crippen molar-refractivity contribution in [1.29, 1.82) is 0 Å². The molecule has 1 rings (SSSR count). The minimum absolute atomic E-state index is 0.192. The first-order valence-corrected chi connectivity index (χ1v) is 5.94. The first-order valence-electron chi connectivity index (χ1n) is 5.06. The SMILES string of the molecule is CNC(C=O)c1ccc(SC(C)C)cc1. The molecule has 2 nitrogen and oxygen atoms in total. The van der Waals surface area contributed by atoms with E-state index in [9.17, 15) is 4.79 Å². The van der Waals surface area contributed by atoms with Gasteiger partial charge in [-0.2, -0.15) is 0 Å². The van der Waals surface area contributed by atoms with Crippen molar-refractivity contribution < 1.29 is 4.79 Å². The van der Waals surface area contributed by atoms with Gasteiger partial charge in [0.15, 0.2) is 0 Å². The Hall–Kier alpha value is -0.800. The van der Waals surface area contributed by atoms with Gasteiger partial charge in [0.2, 0.25) is 0 Å². The zero-order valence-electron chi connectivity index (χ0n) is 9.36. The van der Waals surface area contributed by atoms with Crippen LogP contribution < -0.4 is 5.32 Å². The number of likely N-dealkylation sites (N-methyl/N-ethyl adjacent to an activating group) is 1. The molecule has 1 atom stereocenters. The molecule has 1 N–H and O–H groups in total. The molecule has 1 aromatic rings. The number of rotatable bonds is 5. The van der Waals surface area contributed by atoms with Crippen LogP contribution in [0.2, 0.25) is 0 Å². The van der Waals surface area contributed by atoms with Crippen molar-refractivity contribution in [2.75, 3.05) is 7.05 Å². The number of benzene rings is 1. The van der Waals surface area contributed by atoms with E-state index in [1.165, 1.54) is 4.90 Å². The van der Waals surface area contributed by atoms with E-state index in [1.54, 1.807) is 7.05 Å². The van der Waals surface area contributed by atoms with Crippen LogP contribution in [-0.4, -0.2) is 18.6 Å². The molecule has 0 aliphatic heterocycles. The Morgan fingerprint density at radius 1 is 1.27 bits per heavy atom. The Morgan fingerprint density at radius 3 is 2.27 bits per heavy atom. The third kappa shape index (κ3) is 3.68. The van der Waals surface area contributed by atoms with Crippen LogP contribution in [0.15, 0.2) is 29.2 Å². The molecule has 0 aliphatic rings. The van der Waals surface area contributed by atoms with Crippen molar-refractivity contribution in [3.8, 4) is 0 Å². The molecule has 0 radical (unpaired) electrons. The molecule has 0 spiro atoms. The van der Waals surface area contributed by atoms with Crippen LogP contribution >= 0.6 is 11.8 Å². The van der Waals surface area contributed by atoms with Crippen molar-refractivity contribution >= 4 is 18.0 Å². The van der Waals surface area contributed by atoms with E-state index in [0.29, 0.717) is 5.25 Å². The highest BCUT2D eigenvalue weighted by Gasteiger charge is 2.06. The highest BCUT2D eigenvalue weighted by atomic mass is 32.2. The third-order valence-corrected chi connectivity index (χ3v) is 3.07. The van der Waals surface area contributed by atoms with Gasteiger partial charge < -0.3 is 10.1 Å². The molecule has 0 saturated carbocycles. The average Bonchev–Trinajstić information content (AvgIpc) is 2.21. The maximum Gasteiger partial charge on any atom is 0.141 e. The quantitative estimate of drug-likeness (QED) is 0.614. The molecule has 0 saturated heterocycles. The maximum absolute atomic E-state index is 10.7. The van der Waals surface area contributed by atoms with E-state index >= 15 is 0 Å². The summed E-state index contributed by atoms with van der Waals surface area (Å²) in [6.07, 6.45) is 0.921. The molecule has 0 aromatic heterocycles. The van der Waals surface area contributed by atoms with Crippen molar-refractivity contribution in [3.05, 3.63) is 29.8 Å². The summed E-state index contributed by atoms with van der Waals surface area (Å²) in [6.45, 7) is 4.33. The van der Waals surface area contributed by atoms with Crippen LogP contribution in [0, 0.1) is 0 Å². The Bertz CT molecular complexity index is 308. The molecule has 0 amide bonds. The second-order valence-corrected chi connectivity index (χ2v) is 5.29. The molecular formula is C12H17NOS. The van der Waals surface area contributed by atoms with Gasteiger partial charge in [0.05, 0.1) is 6.04 Å². The highest BCUT2D eigenvalue weighted by molar-refractivity contribution is 7.99. The van der Waals surface area contributed by atoms with Crippen molar-refractivity contribution in [3.63, 3.8) is 0 Å². The molecule has 1 aromatic carbocycles. The van der Waals surface area contributed by atoms with Crippen LogP contribution in [0.25, 0.3) is 0 Å². The lowest BCUT2D eigenvalue weighted by atomic mass is 10.1. The molecular weight excluding hydrogens is 206 g/mol. The summed E-state index contributed by atoms with van der Waals surface area (Å²) in [5.74, 6) is 0. The van der Waals surface area contributed by atoms with Gasteiger partial charge in [0, 0.05) is 10.1 Å². The van der Waals surface area contributed by atoms with Crippen LogP contribution in [0.5, 0.6) is 0 Å². The Balaban J connectivity index is 2.75. The Morgan fingerprint density at radius 2 is 1.87 bits per heavy atom. The van der Waals surface area contributed by atoms with E-state index in [2.05, 4.69) is 31.3 Å². The fourth-order valence-electron chi connectivity index (χ4n) is 1.34. The molecule has 3 heteroatoms. The summed E-state index contributed by atoms with van der Waals surface area (Å²) in [6, 6.07) is 7.94. The normalized spacial score (nSPS) is 12.8. The molecule has 0 aliphatic carbocycles. The minimum atomic E-state index is -0.192. The second-order valence-electron chi connectivity index (χ2n) is 3.64. The maximum atomic E-state index is 10.7. The number of thioether (sulfide) groups is 1. The molecule has 0 bridgehead atoms. The first-order chi connectivity index (χ1) is 7.17. The van der Waals surface area contributed by atoms with Crippen LogP contribution in [-0.2, 0) is 4.79 Å². The number of carbonyl (C=O) groups excluding carboxylic acids is 1. The molecule has 82 valence electrons. The van der Waals surface area contributed by atoms with E-state index in [-0.39, 0.29) is 6.04 Å². The van der Waals surface area contributed by atoms with Gasteiger partial charge in [-0.15, -0.1) is 11.8 Å². The molecule has 1 unspecified atom stereocenters. The summed E-state index contributed by atoms with van der Waals surface area (Å²) >= 11 is 1.83. The van der Waals surface area contributed by atoms with E-state index in [1.807, 2.05) is 23.9 Å². The average molecular weight is 223 g/mol. The topological polar surface area (TPSA) is 29.1 Å². The van der Waals surface area contributed by atoms with Gasteiger partial charge in [-0.25, -0.2) is 0 Å². The lowest BCUT2D eigenvalue weighted by Gasteiger charge is -2.10. The van der Waals surface area contributed by atoms with Gasteiger partial charge in [-0.05, 0) is 24.7 Å². The standard InChI is InChI=1S/C12H17NOS/c1-9(2)15-11-6-4-10(5-7-11)12(8-14)13-3/h4-9,12-13H,1-3H3. The number of hydrogen-bond donors (Lipinski definition) is 1. The Kier molecular flexibility index (Phi) is 4.85. The van der Waals surface area contributed by atoms with E-state index in [4.69, 9.17) is 0 Å². The van der Waals surface area contributed by atoms with Crippen LogP contribution in [0.4, 0.5) is 0 Å². The summed E-state index contributed by atoms with van der Waals surface area (Å²) < 4.78 is 0. The minimum Gasteiger partial charge on any atom is -0.307 e. The lowest BCUT2D eigenvalue weighted by molar-refractivity contribution is -0.109. The predicted octanol–water partition coefficient (Wildman–Crippen LogP) is 2.65. The zero-order chi connectivity index (χ0) is 11.3. The summed E-state index contributed by atoms with van der Waals surface area (Å²) in [5, 5.41) is 3.54. The summed E-state index contributed by atoms with van der Waals surface area (Å²) in [5.41, 5.74) is 1.01. The molecule has 0 heterocycles. The van der Waals surface area contributed by atoms with Crippen LogP contribution in [0.1, 0.15) is 25.5 Å². The lowest BCUT2D eigenvalue weighted by Crippen LogP contribution is -2.17. The number of hydrogen-bond acceptors (Lipinski definition) is 3. The van der Waals surface area contributed by atoms with E-state index < -0.39 is 0 Å². The van der Waals surface area contributed by atoms with Crippen molar-refractivity contribution in [2.24, 2.45) is 0 Å². The highest BCUT2D eigenvalue weighted by Crippen LogP contribution is 2.24. The first kappa shape index (κ1) is 12.3. The van der Waals surface area contributed by atoms with Crippen molar-refractivity contribution in [1.82, 2.24) is 5.32 Å². The van der Waals surface area contributed by atoms with Gasteiger partial charge >= 0.3 is 0 Å². The fraction of sp³-hybridized carbons (Fsp3) is 0.417. The zero-order valence-corrected chi connectivity index (χ0v) is 10.2.